The Kier molecular flexibility index (Phi) is 7.36. The lowest BCUT2D eigenvalue weighted by Crippen LogP contribution is -2.35. The van der Waals surface area contributed by atoms with Crippen LogP contribution in [0.4, 0.5) is 13.2 Å². The maximum absolute atomic E-state index is 14.2. The van der Waals surface area contributed by atoms with Gasteiger partial charge in [-0.25, -0.2) is 13.2 Å². The van der Waals surface area contributed by atoms with Gasteiger partial charge in [-0.2, -0.15) is 0 Å². The lowest BCUT2D eigenvalue weighted by Gasteiger charge is -2.18. The molecule has 2 aliphatic heterocycles. The van der Waals surface area contributed by atoms with Gasteiger partial charge in [0.25, 0.3) is 11.8 Å². The van der Waals surface area contributed by atoms with Crippen molar-refractivity contribution in [3.05, 3.63) is 118 Å². The lowest BCUT2D eigenvalue weighted by atomic mass is 10.0. The molecule has 0 aliphatic carbocycles. The van der Waals surface area contributed by atoms with Gasteiger partial charge in [0.15, 0.2) is 0 Å². The van der Waals surface area contributed by atoms with E-state index in [1.54, 1.807) is 24.3 Å². The van der Waals surface area contributed by atoms with Crippen molar-refractivity contribution < 1.29 is 22.8 Å². The number of amides is 2. The van der Waals surface area contributed by atoms with Crippen LogP contribution in [0.25, 0.3) is 44.1 Å². The first kappa shape index (κ1) is 29.7. The number of rotatable bonds is 2. The first-order valence-electron chi connectivity index (χ1n) is 14.9. The van der Waals surface area contributed by atoms with Crippen LogP contribution in [0.1, 0.15) is 32.1 Å². The number of nitrogens with one attached hydrogen (secondary N) is 2. The van der Waals surface area contributed by atoms with Crippen LogP contribution in [-0.2, 0) is 13.1 Å². The number of halogens is 4. The van der Waals surface area contributed by atoms with E-state index in [2.05, 4.69) is 10.6 Å². The van der Waals surface area contributed by atoms with E-state index in [-0.39, 0.29) is 29.3 Å². The van der Waals surface area contributed by atoms with Crippen molar-refractivity contribution in [3.8, 4) is 22.3 Å². The summed E-state index contributed by atoms with van der Waals surface area (Å²) in [5.41, 5.74) is 7.54. The van der Waals surface area contributed by atoms with Gasteiger partial charge in [-0.1, -0.05) is 35.9 Å². The highest BCUT2D eigenvalue weighted by Crippen LogP contribution is 2.37. The van der Waals surface area contributed by atoms with Gasteiger partial charge in [0, 0.05) is 53.1 Å². The highest BCUT2D eigenvalue weighted by molar-refractivity contribution is 6.30. The molecule has 0 fully saturated rings. The fourth-order valence-electron chi connectivity index (χ4n) is 6.70. The van der Waals surface area contributed by atoms with Crippen molar-refractivity contribution in [1.82, 2.24) is 19.8 Å². The summed E-state index contributed by atoms with van der Waals surface area (Å²) in [6.45, 7) is 6.11. The molecule has 6 nitrogen and oxygen atoms in total. The standard InChI is InChI=1S/C18H14ClFN2O.C18H14F2N2O/c2*1-10-14-8-13(20)9-15(11-2-4-12(19)5-3-11)17(14)22-7-6-21-18(23)16(10)22/h2*2-5,8-9H,6-7H2,1H3,(H,21,23). The molecule has 0 saturated heterocycles. The number of hydrogen-bond acceptors (Lipinski definition) is 2. The zero-order valence-electron chi connectivity index (χ0n) is 25.0. The van der Waals surface area contributed by atoms with Crippen LogP contribution in [0.2, 0.25) is 5.02 Å². The molecule has 0 bridgehead atoms. The van der Waals surface area contributed by atoms with Crippen molar-refractivity contribution >= 4 is 45.2 Å². The third-order valence-corrected chi connectivity index (χ3v) is 8.98. The molecule has 2 N–H and O–H groups in total. The molecular formula is C36H28ClF3N4O2. The summed E-state index contributed by atoms with van der Waals surface area (Å²) >= 11 is 5.96. The van der Waals surface area contributed by atoms with Gasteiger partial charge < -0.3 is 19.8 Å². The first-order chi connectivity index (χ1) is 22.1. The minimum Gasteiger partial charge on any atom is -0.349 e. The molecule has 0 saturated carbocycles. The van der Waals surface area contributed by atoms with Crippen LogP contribution in [0.3, 0.4) is 0 Å². The van der Waals surface area contributed by atoms with Gasteiger partial charge in [-0.3, -0.25) is 9.59 Å². The molecule has 0 unspecified atom stereocenters. The van der Waals surface area contributed by atoms with Crippen LogP contribution in [0, 0.1) is 31.3 Å². The molecule has 232 valence electrons. The Morgan fingerprint density at radius 1 is 0.609 bits per heavy atom. The summed E-state index contributed by atoms with van der Waals surface area (Å²) < 4.78 is 45.4. The number of aryl methyl sites for hydroxylation is 2. The van der Waals surface area contributed by atoms with E-state index >= 15 is 0 Å². The largest absolute Gasteiger partial charge is 0.349 e. The van der Waals surface area contributed by atoms with Crippen LogP contribution >= 0.6 is 11.6 Å². The molecule has 0 atom stereocenters. The number of carbonyl (C=O) groups is 2. The SMILES string of the molecule is Cc1c2n(c3c(-c4ccc(Cl)cc4)cc(F)cc13)CCNC2=O.Cc1c2n(c3c(-c4ccc(F)cc4)cc(F)cc13)CCNC2=O. The average molecular weight is 641 g/mol. The molecule has 0 spiro atoms. The van der Waals surface area contributed by atoms with Gasteiger partial charge in [0.1, 0.15) is 28.8 Å². The van der Waals surface area contributed by atoms with E-state index in [0.717, 1.165) is 49.6 Å². The fourth-order valence-corrected chi connectivity index (χ4v) is 6.82. The van der Waals surface area contributed by atoms with Crippen molar-refractivity contribution in [2.75, 3.05) is 13.1 Å². The van der Waals surface area contributed by atoms with Gasteiger partial charge in [-0.05, 0) is 84.6 Å². The van der Waals surface area contributed by atoms with E-state index in [9.17, 15) is 22.8 Å². The third kappa shape index (κ3) is 4.91. The van der Waals surface area contributed by atoms with Crippen LogP contribution in [0.15, 0.2) is 72.8 Å². The summed E-state index contributed by atoms with van der Waals surface area (Å²) in [6, 6.07) is 19.2. The number of hydrogen-bond donors (Lipinski definition) is 2. The monoisotopic (exact) mass is 640 g/mol. The van der Waals surface area contributed by atoms with Crippen molar-refractivity contribution in [2.45, 2.75) is 26.9 Å². The Bertz CT molecular complexity index is 2040. The molecule has 2 aromatic heterocycles. The first-order valence-corrected chi connectivity index (χ1v) is 15.2. The highest BCUT2D eigenvalue weighted by atomic mass is 35.5. The molecule has 6 aromatic rings. The Labute approximate surface area is 267 Å². The summed E-state index contributed by atoms with van der Waals surface area (Å²) in [5.74, 6) is -1.27. The van der Waals surface area contributed by atoms with Crippen molar-refractivity contribution in [2.24, 2.45) is 0 Å². The van der Waals surface area contributed by atoms with Crippen molar-refractivity contribution in [3.63, 3.8) is 0 Å². The summed E-state index contributed by atoms with van der Waals surface area (Å²) in [5, 5.41) is 7.80. The fraction of sp³-hybridized carbons (Fsp3) is 0.167. The van der Waals surface area contributed by atoms with E-state index < -0.39 is 0 Å². The number of benzene rings is 4. The topological polar surface area (TPSA) is 68.1 Å². The van der Waals surface area contributed by atoms with E-state index in [1.165, 1.54) is 36.4 Å². The quantitative estimate of drug-likeness (QED) is 0.203. The van der Waals surface area contributed by atoms with Crippen LogP contribution < -0.4 is 10.6 Å². The molecule has 2 amide bonds. The average Bonchev–Trinajstić information content (AvgIpc) is 3.49. The maximum Gasteiger partial charge on any atom is 0.268 e. The second-order valence-corrected chi connectivity index (χ2v) is 11.9. The number of aromatic nitrogens is 2. The summed E-state index contributed by atoms with van der Waals surface area (Å²) in [4.78, 5) is 24.4. The van der Waals surface area contributed by atoms with Gasteiger partial charge >= 0.3 is 0 Å². The Morgan fingerprint density at radius 2 is 1.02 bits per heavy atom. The highest BCUT2D eigenvalue weighted by Gasteiger charge is 2.27. The minimum atomic E-state index is -0.372. The Hall–Kier alpha value is -5.02. The maximum atomic E-state index is 14.2. The Morgan fingerprint density at radius 3 is 1.46 bits per heavy atom. The summed E-state index contributed by atoms with van der Waals surface area (Å²) in [7, 11) is 0. The minimum absolute atomic E-state index is 0.104. The molecular weight excluding hydrogens is 613 g/mol. The van der Waals surface area contributed by atoms with E-state index in [1.807, 2.05) is 35.1 Å². The molecule has 4 aromatic carbocycles. The van der Waals surface area contributed by atoms with Gasteiger partial charge in [-0.15, -0.1) is 0 Å². The summed E-state index contributed by atoms with van der Waals surface area (Å²) in [6.07, 6.45) is 0. The second-order valence-electron chi connectivity index (χ2n) is 11.5. The normalized spacial score (nSPS) is 14.0. The van der Waals surface area contributed by atoms with Crippen molar-refractivity contribution in [1.29, 1.82) is 0 Å². The number of fused-ring (bicyclic) bond motifs is 6. The Balaban J connectivity index is 0.000000147. The van der Waals surface area contributed by atoms with Crippen LogP contribution in [-0.4, -0.2) is 34.0 Å². The predicted molar refractivity (Wildman–Crippen MR) is 174 cm³/mol. The number of nitrogens with zero attached hydrogens (tertiary/aromatic N) is 2. The molecule has 8 rings (SSSR count). The van der Waals surface area contributed by atoms with Crippen LogP contribution in [0.5, 0.6) is 0 Å². The molecule has 10 heteroatoms. The number of carbonyl (C=O) groups excluding carboxylic acids is 2. The smallest absolute Gasteiger partial charge is 0.268 e. The zero-order valence-corrected chi connectivity index (χ0v) is 25.7. The molecule has 4 heterocycles. The zero-order chi connectivity index (χ0) is 32.3. The third-order valence-electron chi connectivity index (χ3n) is 8.73. The van der Waals surface area contributed by atoms with Gasteiger partial charge in [0.2, 0.25) is 0 Å². The molecule has 0 radical (unpaired) electrons. The molecule has 2 aliphatic rings. The van der Waals surface area contributed by atoms with Gasteiger partial charge in [0.05, 0.1) is 11.0 Å². The predicted octanol–water partition coefficient (Wildman–Crippen LogP) is 7.79. The van der Waals surface area contributed by atoms with E-state index in [4.69, 9.17) is 11.6 Å². The van der Waals surface area contributed by atoms with E-state index in [0.29, 0.717) is 48.2 Å². The second kappa shape index (κ2) is 11.4. The lowest BCUT2D eigenvalue weighted by molar-refractivity contribution is 0.0920. The molecule has 46 heavy (non-hydrogen) atoms.